The van der Waals surface area contributed by atoms with Gasteiger partial charge < -0.3 is 36.6 Å². The zero-order valence-corrected chi connectivity index (χ0v) is 16.9. The number of ether oxygens (including phenoxy) is 1. The van der Waals surface area contributed by atoms with Crippen LogP contribution >= 0.6 is 11.6 Å². The number of nitrogens with zero attached hydrogens (tertiary/aromatic N) is 3. The second-order valence-electron chi connectivity index (χ2n) is 7.56. The third-order valence-corrected chi connectivity index (χ3v) is 6.08. The average molecular weight is 481 g/mol. The summed E-state index contributed by atoms with van der Waals surface area (Å²) >= 11 is 5.56. The van der Waals surface area contributed by atoms with E-state index >= 15 is 0 Å². The number of carbonyl (C=O) groups is 1. The summed E-state index contributed by atoms with van der Waals surface area (Å²) in [6.07, 6.45) is -7.04. The van der Waals surface area contributed by atoms with Crippen LogP contribution in [-0.2, 0) is 10.9 Å². The van der Waals surface area contributed by atoms with E-state index in [2.05, 4.69) is 15.3 Å². The highest BCUT2D eigenvalue weighted by Crippen LogP contribution is 2.47. The van der Waals surface area contributed by atoms with Crippen molar-refractivity contribution in [2.75, 3.05) is 6.54 Å². The predicted octanol–water partition coefficient (Wildman–Crippen LogP) is -0.281. The van der Waals surface area contributed by atoms with Gasteiger partial charge in [0.15, 0.2) is 29.5 Å². The molecule has 3 aliphatic rings. The molecule has 0 aromatic heterocycles. The maximum absolute atomic E-state index is 14.5. The SMILES string of the molecule is C[C@H]1[C@H](OC(=O)c2c(C(F)(F)F)ccc(Cl)c2F)C(O)(O)C23NC(N)=NC2CN=C(N)N13. The highest BCUT2D eigenvalue weighted by atomic mass is 35.5. The minimum atomic E-state index is -5.12. The molecule has 0 saturated carbocycles. The summed E-state index contributed by atoms with van der Waals surface area (Å²) in [5, 5.41) is 24.0. The van der Waals surface area contributed by atoms with Crippen LogP contribution < -0.4 is 16.8 Å². The Balaban J connectivity index is 1.77. The van der Waals surface area contributed by atoms with Crippen LogP contribution in [0, 0.1) is 5.82 Å². The first-order valence-electron chi connectivity index (χ1n) is 9.15. The topological polar surface area (TPSA) is 159 Å². The van der Waals surface area contributed by atoms with Crippen molar-refractivity contribution < 1.29 is 37.3 Å². The number of guanidine groups is 2. The number of aliphatic hydroxyl groups is 2. The van der Waals surface area contributed by atoms with Gasteiger partial charge in [-0.15, -0.1) is 0 Å². The van der Waals surface area contributed by atoms with E-state index in [0.29, 0.717) is 12.1 Å². The van der Waals surface area contributed by atoms with Crippen LogP contribution in [0.1, 0.15) is 22.8 Å². The Bertz CT molecular complexity index is 1060. The van der Waals surface area contributed by atoms with E-state index in [1.165, 1.54) is 11.8 Å². The van der Waals surface area contributed by atoms with Crippen LogP contribution in [0.15, 0.2) is 22.1 Å². The molecule has 10 nitrogen and oxygen atoms in total. The normalized spacial score (nSPS) is 30.8. The van der Waals surface area contributed by atoms with E-state index in [1.54, 1.807) is 0 Å². The van der Waals surface area contributed by atoms with Gasteiger partial charge >= 0.3 is 12.1 Å². The van der Waals surface area contributed by atoms with E-state index in [9.17, 15) is 32.6 Å². The maximum Gasteiger partial charge on any atom is 0.417 e. The Morgan fingerprint density at radius 1 is 1.38 bits per heavy atom. The first-order chi connectivity index (χ1) is 14.7. The molecule has 2 unspecified atom stereocenters. The van der Waals surface area contributed by atoms with Crippen LogP contribution in [0.5, 0.6) is 0 Å². The van der Waals surface area contributed by atoms with Gasteiger partial charge in [0, 0.05) is 0 Å². The molecule has 1 saturated heterocycles. The molecule has 1 aromatic carbocycles. The molecule has 7 N–H and O–H groups in total. The molecular weight excluding hydrogens is 464 g/mol. The Hall–Kier alpha value is -2.84. The molecule has 0 aliphatic carbocycles. The van der Waals surface area contributed by atoms with E-state index in [0.717, 1.165) is 0 Å². The number of alkyl halides is 3. The van der Waals surface area contributed by atoms with Crippen molar-refractivity contribution in [3.8, 4) is 0 Å². The Morgan fingerprint density at radius 2 is 2.03 bits per heavy atom. The number of benzene rings is 1. The lowest BCUT2D eigenvalue weighted by atomic mass is 9.90. The molecule has 0 bridgehead atoms. The van der Waals surface area contributed by atoms with Gasteiger partial charge in [-0.25, -0.2) is 14.2 Å². The molecule has 174 valence electrons. The second kappa shape index (κ2) is 6.83. The Labute approximate surface area is 182 Å². The van der Waals surface area contributed by atoms with Gasteiger partial charge in [-0.2, -0.15) is 13.2 Å². The van der Waals surface area contributed by atoms with Gasteiger partial charge in [0.05, 0.1) is 23.2 Å². The quantitative estimate of drug-likeness (QED) is 0.219. The number of esters is 1. The molecule has 4 rings (SSSR count). The number of aliphatic imine (C=N–C) groups is 2. The molecule has 4 atom stereocenters. The fourth-order valence-electron chi connectivity index (χ4n) is 4.48. The predicted molar refractivity (Wildman–Crippen MR) is 102 cm³/mol. The smallest absolute Gasteiger partial charge is 0.417 e. The van der Waals surface area contributed by atoms with Crippen LogP contribution in [-0.4, -0.2) is 69.2 Å². The van der Waals surface area contributed by atoms with Crippen molar-refractivity contribution in [2.24, 2.45) is 21.5 Å². The van der Waals surface area contributed by atoms with Crippen LogP contribution in [0.4, 0.5) is 17.6 Å². The first kappa shape index (κ1) is 22.4. The number of halogens is 5. The van der Waals surface area contributed by atoms with E-state index in [-0.39, 0.29) is 18.5 Å². The summed E-state index contributed by atoms with van der Waals surface area (Å²) in [5.41, 5.74) is 6.55. The number of carbonyl (C=O) groups excluding carboxylic acids is 1. The summed E-state index contributed by atoms with van der Waals surface area (Å²) in [6.45, 7) is 1.25. The van der Waals surface area contributed by atoms with Crippen molar-refractivity contribution in [3.05, 3.63) is 34.1 Å². The highest BCUT2D eigenvalue weighted by molar-refractivity contribution is 6.31. The summed E-state index contributed by atoms with van der Waals surface area (Å²) in [6, 6.07) is -1.07. The lowest BCUT2D eigenvalue weighted by Crippen LogP contribution is -2.76. The summed E-state index contributed by atoms with van der Waals surface area (Å²) in [4.78, 5) is 22.0. The number of hydrogen-bond acceptors (Lipinski definition) is 10. The van der Waals surface area contributed by atoms with E-state index < -0.39 is 63.7 Å². The first-order valence-corrected chi connectivity index (χ1v) is 9.53. The van der Waals surface area contributed by atoms with Gasteiger partial charge in [0.1, 0.15) is 11.6 Å². The van der Waals surface area contributed by atoms with Gasteiger partial charge in [-0.1, -0.05) is 11.6 Å². The Kier molecular flexibility index (Phi) is 4.77. The molecule has 3 heterocycles. The van der Waals surface area contributed by atoms with Crippen molar-refractivity contribution in [1.29, 1.82) is 0 Å². The fraction of sp³-hybridized carbons (Fsp3) is 0.471. The van der Waals surface area contributed by atoms with Crippen molar-refractivity contribution in [2.45, 2.75) is 42.7 Å². The maximum atomic E-state index is 14.5. The van der Waals surface area contributed by atoms with Gasteiger partial charge in [0.2, 0.25) is 5.79 Å². The zero-order chi connectivity index (χ0) is 23.8. The van der Waals surface area contributed by atoms with Gasteiger partial charge in [0.25, 0.3) is 0 Å². The van der Waals surface area contributed by atoms with Crippen LogP contribution in [0.25, 0.3) is 0 Å². The minimum Gasteiger partial charge on any atom is -0.451 e. The third-order valence-electron chi connectivity index (χ3n) is 5.79. The molecular formula is C17H17ClF4N6O4. The lowest BCUT2D eigenvalue weighted by molar-refractivity contribution is -0.255. The molecule has 1 fully saturated rings. The number of nitrogens with one attached hydrogen (secondary N) is 1. The summed E-state index contributed by atoms with van der Waals surface area (Å²) in [7, 11) is 0. The lowest BCUT2D eigenvalue weighted by Gasteiger charge is -2.46. The molecule has 3 aliphatic heterocycles. The molecule has 0 amide bonds. The van der Waals surface area contributed by atoms with Crippen LogP contribution in [0.2, 0.25) is 5.02 Å². The van der Waals surface area contributed by atoms with E-state index in [4.69, 9.17) is 27.8 Å². The molecule has 0 radical (unpaired) electrons. The number of nitrogens with two attached hydrogens (primary N) is 2. The third kappa shape index (κ3) is 2.82. The highest BCUT2D eigenvalue weighted by Gasteiger charge is 2.75. The number of hydrogen-bond donors (Lipinski definition) is 5. The van der Waals surface area contributed by atoms with Crippen molar-refractivity contribution >= 4 is 29.5 Å². The zero-order valence-electron chi connectivity index (χ0n) is 16.2. The van der Waals surface area contributed by atoms with Crippen molar-refractivity contribution in [1.82, 2.24) is 10.2 Å². The van der Waals surface area contributed by atoms with Gasteiger partial charge in [-0.05, 0) is 19.1 Å². The molecule has 32 heavy (non-hydrogen) atoms. The summed E-state index contributed by atoms with van der Waals surface area (Å²) in [5.74, 6) is -6.82. The summed E-state index contributed by atoms with van der Waals surface area (Å²) < 4.78 is 59.7. The molecule has 15 heteroatoms. The van der Waals surface area contributed by atoms with E-state index in [1.807, 2.05) is 0 Å². The second-order valence-corrected chi connectivity index (χ2v) is 7.97. The molecule has 1 spiro atoms. The van der Waals surface area contributed by atoms with Crippen LogP contribution in [0.3, 0.4) is 0 Å². The average Bonchev–Trinajstić information content (AvgIpc) is 3.10. The largest absolute Gasteiger partial charge is 0.451 e. The minimum absolute atomic E-state index is 0.104. The standard InChI is InChI=1S/C17H17ClF4N6O4/c1-5-11(32-12(29)9-6(17(20,21)22)2-3-7(18)10(9)19)16(30,31)15-8(26-13(23)27-15)4-25-14(24)28(5)15/h2-3,5,8,11,30-31H,4H2,1H3,(H2,24,25)(H3,23,26,27)/t5-,8?,11-,15?/m0/s1. The van der Waals surface area contributed by atoms with Crippen molar-refractivity contribution in [3.63, 3.8) is 0 Å². The number of rotatable bonds is 2. The van der Waals surface area contributed by atoms with Gasteiger partial charge in [-0.3, -0.25) is 4.99 Å². The Morgan fingerprint density at radius 3 is 2.66 bits per heavy atom. The molecule has 1 aromatic rings. The monoisotopic (exact) mass is 480 g/mol. The fourth-order valence-corrected chi connectivity index (χ4v) is 4.63.